The van der Waals surface area contributed by atoms with Gasteiger partial charge < -0.3 is 5.32 Å². The fraction of sp³-hybridized carbons (Fsp3) is 0.500. The fourth-order valence-corrected chi connectivity index (χ4v) is 2.24. The summed E-state index contributed by atoms with van der Waals surface area (Å²) in [6.45, 7) is 3.47. The monoisotopic (exact) mass is 267 g/mol. The van der Waals surface area contributed by atoms with Crippen molar-refractivity contribution in [2.75, 3.05) is 0 Å². The van der Waals surface area contributed by atoms with Crippen LogP contribution in [-0.4, -0.2) is 19.6 Å². The van der Waals surface area contributed by atoms with Crippen molar-refractivity contribution in [3.05, 3.63) is 34.4 Å². The average Bonchev–Trinajstić information content (AvgIpc) is 2.86. The minimum absolute atomic E-state index is 0.693. The van der Waals surface area contributed by atoms with Gasteiger partial charge in [0.2, 0.25) is 0 Å². The highest BCUT2D eigenvalue weighted by molar-refractivity contribution is 6.31. The van der Waals surface area contributed by atoms with Crippen LogP contribution in [0.25, 0.3) is 0 Å². The first-order valence-corrected chi connectivity index (χ1v) is 6.39. The molecule has 2 aromatic heterocycles. The Morgan fingerprint density at radius 1 is 1.28 bits per heavy atom. The summed E-state index contributed by atoms with van der Waals surface area (Å²) in [5, 5.41) is 12.8. The molecule has 2 heterocycles. The Balaban J connectivity index is 1.96. The van der Waals surface area contributed by atoms with Crippen LogP contribution >= 0.6 is 11.6 Å². The van der Waals surface area contributed by atoms with Gasteiger partial charge in [0.05, 0.1) is 22.1 Å². The summed E-state index contributed by atoms with van der Waals surface area (Å²) >= 11 is 6.27. The maximum absolute atomic E-state index is 6.27. The molecule has 0 saturated carbocycles. The summed E-state index contributed by atoms with van der Waals surface area (Å²) in [7, 11) is 3.83. The largest absolute Gasteiger partial charge is 0.305 e. The lowest BCUT2D eigenvalue weighted by Gasteiger charge is -2.04. The van der Waals surface area contributed by atoms with Crippen molar-refractivity contribution in [3.8, 4) is 0 Å². The Bertz CT molecular complexity index is 529. The molecule has 0 amide bonds. The van der Waals surface area contributed by atoms with Crippen LogP contribution in [0.4, 0.5) is 0 Å². The lowest BCUT2D eigenvalue weighted by atomic mass is 10.3. The van der Waals surface area contributed by atoms with Gasteiger partial charge in [0.1, 0.15) is 0 Å². The molecule has 98 valence electrons. The van der Waals surface area contributed by atoms with Gasteiger partial charge in [-0.05, 0) is 12.5 Å². The van der Waals surface area contributed by atoms with Gasteiger partial charge in [0, 0.05) is 33.4 Å². The van der Waals surface area contributed by atoms with E-state index in [9.17, 15) is 0 Å². The molecule has 0 spiro atoms. The van der Waals surface area contributed by atoms with Gasteiger partial charge in [-0.25, -0.2) is 0 Å². The molecular formula is C12H18ClN5. The summed E-state index contributed by atoms with van der Waals surface area (Å²) in [5.41, 5.74) is 2.99. The molecule has 2 aromatic rings. The number of nitrogens with one attached hydrogen (secondary N) is 1. The predicted molar refractivity (Wildman–Crippen MR) is 71.3 cm³/mol. The van der Waals surface area contributed by atoms with Crippen molar-refractivity contribution >= 4 is 11.6 Å². The van der Waals surface area contributed by atoms with Crippen LogP contribution in [-0.2, 0) is 33.6 Å². The zero-order chi connectivity index (χ0) is 13.1. The highest BCUT2D eigenvalue weighted by Gasteiger charge is 2.12. The Labute approximate surface area is 112 Å². The number of aryl methyl sites for hydroxylation is 3. The van der Waals surface area contributed by atoms with Gasteiger partial charge in [-0.1, -0.05) is 18.5 Å². The van der Waals surface area contributed by atoms with Crippen LogP contribution in [0.15, 0.2) is 12.3 Å². The molecule has 1 N–H and O–H groups in total. The van der Waals surface area contributed by atoms with E-state index in [1.54, 1.807) is 4.68 Å². The molecule has 6 heteroatoms. The highest BCUT2D eigenvalue weighted by atomic mass is 35.5. The molecular weight excluding hydrogens is 250 g/mol. The quantitative estimate of drug-likeness (QED) is 0.896. The first kappa shape index (κ1) is 13.1. The summed E-state index contributed by atoms with van der Waals surface area (Å²) in [5.74, 6) is 0. The molecule has 5 nitrogen and oxygen atoms in total. The molecule has 2 rings (SSSR count). The van der Waals surface area contributed by atoms with Crippen molar-refractivity contribution in [2.45, 2.75) is 26.4 Å². The van der Waals surface area contributed by atoms with Crippen LogP contribution in [0.5, 0.6) is 0 Å². The molecule has 0 bridgehead atoms. The lowest BCUT2D eigenvalue weighted by Crippen LogP contribution is -2.16. The molecule has 18 heavy (non-hydrogen) atoms. The van der Waals surface area contributed by atoms with Crippen LogP contribution in [0.2, 0.25) is 5.02 Å². The van der Waals surface area contributed by atoms with Crippen LogP contribution in [0, 0.1) is 0 Å². The number of aromatic nitrogens is 4. The molecule has 0 fully saturated rings. The van der Waals surface area contributed by atoms with E-state index in [1.165, 1.54) is 0 Å². The third kappa shape index (κ3) is 2.73. The van der Waals surface area contributed by atoms with Crippen molar-refractivity contribution < 1.29 is 0 Å². The molecule has 0 aliphatic rings. The van der Waals surface area contributed by atoms with Crippen molar-refractivity contribution in [3.63, 3.8) is 0 Å². The van der Waals surface area contributed by atoms with Crippen LogP contribution < -0.4 is 5.32 Å². The van der Waals surface area contributed by atoms with Crippen molar-refractivity contribution in [1.82, 2.24) is 24.9 Å². The van der Waals surface area contributed by atoms with Gasteiger partial charge >= 0.3 is 0 Å². The van der Waals surface area contributed by atoms with Gasteiger partial charge in [0.25, 0.3) is 0 Å². The number of nitrogens with zero attached hydrogens (tertiary/aromatic N) is 4. The normalized spacial score (nSPS) is 11.1. The minimum Gasteiger partial charge on any atom is -0.305 e. The van der Waals surface area contributed by atoms with E-state index in [2.05, 4.69) is 22.4 Å². The Kier molecular flexibility index (Phi) is 4.04. The van der Waals surface area contributed by atoms with E-state index in [0.717, 1.165) is 35.1 Å². The SMILES string of the molecule is CCc1nn(C)c(CNCc2ccn(C)n2)c1Cl. The van der Waals surface area contributed by atoms with Gasteiger partial charge in [-0.2, -0.15) is 10.2 Å². The Morgan fingerprint density at radius 2 is 2.06 bits per heavy atom. The zero-order valence-electron chi connectivity index (χ0n) is 10.9. The predicted octanol–water partition coefficient (Wildman–Crippen LogP) is 1.66. The molecule has 0 radical (unpaired) electrons. The van der Waals surface area contributed by atoms with Crippen LogP contribution in [0.1, 0.15) is 24.0 Å². The first-order chi connectivity index (χ1) is 8.61. The Morgan fingerprint density at radius 3 is 2.61 bits per heavy atom. The molecule has 0 aliphatic heterocycles. The van der Waals surface area contributed by atoms with Crippen molar-refractivity contribution in [2.24, 2.45) is 14.1 Å². The molecule has 0 saturated heterocycles. The third-order valence-corrected chi connectivity index (χ3v) is 3.31. The summed E-state index contributed by atoms with van der Waals surface area (Å²) in [6.07, 6.45) is 2.79. The van der Waals surface area contributed by atoms with Crippen molar-refractivity contribution in [1.29, 1.82) is 0 Å². The summed E-state index contributed by atoms with van der Waals surface area (Å²) < 4.78 is 3.63. The third-order valence-electron chi connectivity index (χ3n) is 2.87. The Hall–Kier alpha value is -1.33. The van der Waals surface area contributed by atoms with E-state index in [4.69, 9.17) is 11.6 Å². The maximum Gasteiger partial charge on any atom is 0.0863 e. The van der Waals surface area contributed by atoms with Gasteiger partial charge in [0.15, 0.2) is 0 Å². The first-order valence-electron chi connectivity index (χ1n) is 6.01. The maximum atomic E-state index is 6.27. The second kappa shape index (κ2) is 5.54. The molecule has 0 aliphatic carbocycles. The smallest absolute Gasteiger partial charge is 0.0863 e. The summed E-state index contributed by atoms with van der Waals surface area (Å²) in [6, 6.07) is 2.00. The molecule has 0 atom stereocenters. The fourth-order valence-electron chi connectivity index (χ4n) is 1.88. The van der Waals surface area contributed by atoms with Crippen LogP contribution in [0.3, 0.4) is 0 Å². The van der Waals surface area contributed by atoms with E-state index >= 15 is 0 Å². The van der Waals surface area contributed by atoms with E-state index in [0.29, 0.717) is 6.54 Å². The van der Waals surface area contributed by atoms with E-state index in [-0.39, 0.29) is 0 Å². The van der Waals surface area contributed by atoms with E-state index < -0.39 is 0 Å². The second-order valence-corrected chi connectivity index (χ2v) is 4.65. The number of rotatable bonds is 5. The number of hydrogen-bond acceptors (Lipinski definition) is 3. The standard InChI is InChI=1S/C12H18ClN5/c1-4-10-12(13)11(18(3)16-10)8-14-7-9-5-6-17(2)15-9/h5-6,14H,4,7-8H2,1-3H3. The average molecular weight is 268 g/mol. The molecule has 0 unspecified atom stereocenters. The minimum atomic E-state index is 0.693. The van der Waals surface area contributed by atoms with Gasteiger partial charge in [-0.3, -0.25) is 9.36 Å². The van der Waals surface area contributed by atoms with Gasteiger partial charge in [-0.15, -0.1) is 0 Å². The van der Waals surface area contributed by atoms with E-state index in [1.807, 2.05) is 31.0 Å². The highest BCUT2D eigenvalue weighted by Crippen LogP contribution is 2.20. The zero-order valence-corrected chi connectivity index (χ0v) is 11.7. The topological polar surface area (TPSA) is 47.7 Å². The second-order valence-electron chi connectivity index (χ2n) is 4.27. The lowest BCUT2D eigenvalue weighted by molar-refractivity contribution is 0.610. The number of halogens is 1. The molecule has 0 aromatic carbocycles. The number of hydrogen-bond donors (Lipinski definition) is 1. The summed E-state index contributed by atoms with van der Waals surface area (Å²) in [4.78, 5) is 0.